The monoisotopic (exact) mass is 373 g/mol. The summed E-state index contributed by atoms with van der Waals surface area (Å²) in [5, 5.41) is 0. The maximum Gasteiger partial charge on any atom is 0.227 e. The Balaban J connectivity index is 1.53. The Bertz CT molecular complexity index is 554. The summed E-state index contributed by atoms with van der Waals surface area (Å²) in [5.41, 5.74) is 0. The average molecular weight is 374 g/mol. The Kier molecular flexibility index (Phi) is 6.35. The van der Waals surface area contributed by atoms with Crippen molar-refractivity contribution >= 4 is 15.9 Å². The van der Waals surface area contributed by atoms with Gasteiger partial charge in [0.25, 0.3) is 0 Å². The fourth-order valence-electron chi connectivity index (χ4n) is 4.25. The highest BCUT2D eigenvalue weighted by atomic mass is 32.2. The van der Waals surface area contributed by atoms with Crippen LogP contribution in [0.4, 0.5) is 0 Å². The van der Waals surface area contributed by atoms with Crippen LogP contribution in [-0.2, 0) is 19.6 Å². The Morgan fingerprint density at radius 2 is 1.72 bits per heavy atom. The first-order chi connectivity index (χ1) is 12.0. The lowest BCUT2D eigenvalue weighted by atomic mass is 9.93. The molecule has 0 aromatic heterocycles. The van der Waals surface area contributed by atoms with Gasteiger partial charge in [0.05, 0.1) is 24.9 Å². The molecule has 0 N–H and O–H groups in total. The summed E-state index contributed by atoms with van der Waals surface area (Å²) >= 11 is 0. The third-order valence-corrected chi connectivity index (χ3v) is 7.70. The normalized spacial score (nSPS) is 28.2. The number of piperidine rings is 2. The van der Waals surface area contributed by atoms with Crippen molar-refractivity contribution in [2.45, 2.75) is 38.6 Å². The molecule has 7 nitrogen and oxygen atoms in total. The number of hydrogen-bond acceptors (Lipinski definition) is 5. The minimum absolute atomic E-state index is 0.0873. The van der Waals surface area contributed by atoms with Gasteiger partial charge in [-0.25, -0.2) is 12.7 Å². The molecule has 144 valence electrons. The molecule has 3 heterocycles. The van der Waals surface area contributed by atoms with Crippen molar-refractivity contribution in [3.05, 3.63) is 0 Å². The Hall–Kier alpha value is -0.700. The summed E-state index contributed by atoms with van der Waals surface area (Å²) in [7, 11) is -3.07. The largest absolute Gasteiger partial charge is 0.378 e. The van der Waals surface area contributed by atoms with E-state index in [1.807, 2.05) is 4.90 Å². The standard InChI is InChI=1S/C17H31N3O4S/c1-2-25(22,23)20-8-5-16(6-9-20)19-7-3-4-15(14-19)17(21)18-10-12-24-13-11-18/h15-16H,2-14H2,1H3/t15-/m1/s1. The van der Waals surface area contributed by atoms with Crippen LogP contribution >= 0.6 is 0 Å². The second-order valence-corrected chi connectivity index (χ2v) is 9.56. The number of rotatable bonds is 4. The van der Waals surface area contributed by atoms with Crippen molar-refractivity contribution in [3.8, 4) is 0 Å². The van der Waals surface area contributed by atoms with Crippen LogP contribution < -0.4 is 0 Å². The fraction of sp³-hybridized carbons (Fsp3) is 0.941. The number of likely N-dealkylation sites (tertiary alicyclic amines) is 1. The number of carbonyl (C=O) groups is 1. The first-order valence-electron chi connectivity index (χ1n) is 9.59. The number of sulfonamides is 1. The Morgan fingerprint density at radius 3 is 2.36 bits per heavy atom. The van der Waals surface area contributed by atoms with Gasteiger partial charge in [0.2, 0.25) is 15.9 Å². The first-order valence-corrected chi connectivity index (χ1v) is 11.2. The number of carbonyl (C=O) groups excluding carboxylic acids is 1. The van der Waals surface area contributed by atoms with Crippen LogP contribution in [0.15, 0.2) is 0 Å². The molecule has 3 fully saturated rings. The van der Waals surface area contributed by atoms with Crippen LogP contribution in [0.2, 0.25) is 0 Å². The van der Waals surface area contributed by atoms with Gasteiger partial charge in [0, 0.05) is 38.8 Å². The predicted octanol–water partition coefficient (Wildman–Crippen LogP) is 0.371. The fourth-order valence-corrected chi connectivity index (χ4v) is 5.38. The third-order valence-electron chi connectivity index (χ3n) is 5.82. The van der Waals surface area contributed by atoms with Crippen LogP contribution in [0.1, 0.15) is 32.6 Å². The molecule has 0 radical (unpaired) electrons. The number of ether oxygens (including phenoxy) is 1. The summed E-state index contributed by atoms with van der Waals surface area (Å²) in [6.07, 6.45) is 3.76. The van der Waals surface area contributed by atoms with E-state index in [9.17, 15) is 13.2 Å². The van der Waals surface area contributed by atoms with Crippen LogP contribution in [0, 0.1) is 5.92 Å². The zero-order chi connectivity index (χ0) is 17.9. The quantitative estimate of drug-likeness (QED) is 0.712. The SMILES string of the molecule is CCS(=O)(=O)N1CCC(N2CCC[C@@H](C(=O)N3CCOCC3)C2)CC1. The van der Waals surface area contributed by atoms with Gasteiger partial charge in [0.15, 0.2) is 0 Å². The first kappa shape index (κ1) is 19.1. The zero-order valence-electron chi connectivity index (χ0n) is 15.2. The van der Waals surface area contributed by atoms with Crippen molar-refractivity contribution in [3.63, 3.8) is 0 Å². The Morgan fingerprint density at radius 1 is 1.04 bits per heavy atom. The highest BCUT2D eigenvalue weighted by Crippen LogP contribution is 2.26. The van der Waals surface area contributed by atoms with Gasteiger partial charge in [-0.05, 0) is 39.2 Å². The summed E-state index contributed by atoms with van der Waals surface area (Å²) in [6, 6.07) is 0.406. The lowest BCUT2D eigenvalue weighted by Crippen LogP contribution is -2.53. The van der Waals surface area contributed by atoms with E-state index in [0.717, 1.165) is 38.8 Å². The summed E-state index contributed by atoms with van der Waals surface area (Å²) in [5.74, 6) is 0.542. The van der Waals surface area contributed by atoms with Crippen molar-refractivity contribution in [1.29, 1.82) is 0 Å². The smallest absolute Gasteiger partial charge is 0.227 e. The summed E-state index contributed by atoms with van der Waals surface area (Å²) < 4.78 is 31.0. The molecule has 0 aliphatic carbocycles. The van der Waals surface area contributed by atoms with Crippen LogP contribution in [0.5, 0.6) is 0 Å². The summed E-state index contributed by atoms with van der Waals surface area (Å²) in [4.78, 5) is 17.1. The van der Waals surface area contributed by atoms with E-state index in [-0.39, 0.29) is 17.6 Å². The van der Waals surface area contributed by atoms with Gasteiger partial charge in [-0.1, -0.05) is 0 Å². The predicted molar refractivity (Wildman–Crippen MR) is 95.8 cm³/mol. The molecule has 0 aromatic carbocycles. The average Bonchev–Trinajstić information content (AvgIpc) is 2.68. The molecule has 0 unspecified atom stereocenters. The van der Waals surface area contributed by atoms with Gasteiger partial charge < -0.3 is 9.64 Å². The van der Waals surface area contributed by atoms with E-state index in [1.54, 1.807) is 11.2 Å². The highest BCUT2D eigenvalue weighted by molar-refractivity contribution is 7.89. The number of amides is 1. The molecule has 25 heavy (non-hydrogen) atoms. The molecule has 1 atom stereocenters. The van der Waals surface area contributed by atoms with Crippen molar-refractivity contribution in [1.82, 2.24) is 14.1 Å². The maximum atomic E-state index is 12.8. The van der Waals surface area contributed by atoms with E-state index < -0.39 is 10.0 Å². The zero-order valence-corrected chi connectivity index (χ0v) is 16.0. The van der Waals surface area contributed by atoms with Gasteiger partial charge in [-0.2, -0.15) is 0 Å². The second-order valence-electron chi connectivity index (χ2n) is 7.30. The van der Waals surface area contributed by atoms with Crippen LogP contribution in [0.25, 0.3) is 0 Å². The van der Waals surface area contributed by atoms with Crippen LogP contribution in [0.3, 0.4) is 0 Å². The summed E-state index contributed by atoms with van der Waals surface area (Å²) in [6.45, 7) is 7.48. The lowest BCUT2D eigenvalue weighted by molar-refractivity contribution is -0.141. The highest BCUT2D eigenvalue weighted by Gasteiger charge is 2.35. The van der Waals surface area contributed by atoms with Crippen molar-refractivity contribution in [2.24, 2.45) is 5.92 Å². The Labute approximate surface area is 151 Å². The number of morpholine rings is 1. The second kappa shape index (κ2) is 8.33. The lowest BCUT2D eigenvalue weighted by Gasteiger charge is -2.42. The van der Waals surface area contributed by atoms with Gasteiger partial charge in [-0.15, -0.1) is 0 Å². The molecule has 1 amide bonds. The molecule has 3 rings (SSSR count). The van der Waals surface area contributed by atoms with E-state index in [0.29, 0.717) is 45.4 Å². The maximum absolute atomic E-state index is 12.8. The molecular weight excluding hydrogens is 342 g/mol. The minimum Gasteiger partial charge on any atom is -0.378 e. The number of nitrogens with zero attached hydrogens (tertiary/aromatic N) is 3. The molecule has 0 spiro atoms. The van der Waals surface area contributed by atoms with Crippen LogP contribution in [-0.4, -0.2) is 92.7 Å². The molecular formula is C17H31N3O4S. The van der Waals surface area contributed by atoms with E-state index >= 15 is 0 Å². The number of hydrogen-bond donors (Lipinski definition) is 0. The molecule has 3 aliphatic heterocycles. The minimum atomic E-state index is -3.07. The van der Waals surface area contributed by atoms with Gasteiger partial charge >= 0.3 is 0 Å². The van der Waals surface area contributed by atoms with Crippen molar-refractivity contribution < 1.29 is 17.9 Å². The van der Waals surface area contributed by atoms with Gasteiger partial charge in [0.1, 0.15) is 0 Å². The molecule has 8 heteroatoms. The molecule has 3 aliphatic rings. The van der Waals surface area contributed by atoms with E-state index in [1.165, 1.54) is 0 Å². The van der Waals surface area contributed by atoms with E-state index in [2.05, 4.69) is 4.90 Å². The van der Waals surface area contributed by atoms with Gasteiger partial charge in [-0.3, -0.25) is 9.69 Å². The molecule has 3 saturated heterocycles. The molecule has 0 saturated carbocycles. The van der Waals surface area contributed by atoms with E-state index in [4.69, 9.17) is 4.74 Å². The molecule has 0 bridgehead atoms. The third kappa shape index (κ3) is 4.53. The topological polar surface area (TPSA) is 70.2 Å². The molecule has 0 aromatic rings. The van der Waals surface area contributed by atoms with Crippen molar-refractivity contribution in [2.75, 3.05) is 58.2 Å².